The van der Waals surface area contributed by atoms with Gasteiger partial charge in [-0.05, 0) is 24.3 Å². The lowest BCUT2D eigenvalue weighted by Gasteiger charge is -2.19. The number of anilines is 3. The van der Waals surface area contributed by atoms with Gasteiger partial charge >= 0.3 is 0 Å². The Morgan fingerprint density at radius 3 is 2.90 bits per heavy atom. The molecule has 0 saturated heterocycles. The summed E-state index contributed by atoms with van der Waals surface area (Å²) >= 11 is 0. The fourth-order valence-corrected chi connectivity index (χ4v) is 3.43. The highest BCUT2D eigenvalue weighted by molar-refractivity contribution is 5.96. The number of benzene rings is 2. The van der Waals surface area contributed by atoms with E-state index in [0.29, 0.717) is 34.1 Å². The molecule has 2 aromatic carbocycles. The van der Waals surface area contributed by atoms with Crippen LogP contribution in [0.1, 0.15) is 0 Å². The van der Waals surface area contributed by atoms with Crippen LogP contribution < -0.4 is 15.4 Å². The van der Waals surface area contributed by atoms with E-state index in [2.05, 4.69) is 36.0 Å². The first-order valence-corrected chi connectivity index (χ1v) is 9.21. The second-order valence-corrected chi connectivity index (χ2v) is 6.87. The number of nitrogens with one attached hydrogen (secondary N) is 4. The lowest BCUT2D eigenvalue weighted by molar-refractivity contribution is -0.118. The number of H-pyrrole nitrogens is 2. The molecule has 0 atom stereocenters. The van der Waals surface area contributed by atoms with Crippen LogP contribution in [0.25, 0.3) is 33.3 Å². The topological polar surface area (TPSA) is 134 Å². The molecular formula is C20H14N8O2. The number of fused-ring (bicyclic) bond motifs is 3. The van der Waals surface area contributed by atoms with E-state index in [1.165, 1.54) is 0 Å². The van der Waals surface area contributed by atoms with E-state index in [1.807, 2.05) is 24.3 Å². The van der Waals surface area contributed by atoms with E-state index < -0.39 is 0 Å². The Morgan fingerprint density at radius 1 is 1.00 bits per heavy atom. The van der Waals surface area contributed by atoms with Gasteiger partial charge in [0.15, 0.2) is 18.2 Å². The van der Waals surface area contributed by atoms with Gasteiger partial charge in [-0.1, -0.05) is 12.1 Å². The van der Waals surface area contributed by atoms with E-state index in [0.717, 1.165) is 22.2 Å². The Balaban J connectivity index is 1.42. The number of ether oxygens (including phenoxy) is 1. The number of carbonyl (C=O) groups is 1. The standard InChI is InChI=1S/C20H14N8O2/c29-17-9-30-16-4-3-12(6-14(16)24-17)23-20-18-15(8-22-28-18)25-19(26-20)10-1-2-11-7-21-27-13(11)5-10/h1-8H,9H2,(H,21,27)(H,22,28)(H,24,29)(H,23,25,26). The zero-order chi connectivity index (χ0) is 20.1. The molecule has 10 heteroatoms. The zero-order valence-electron chi connectivity index (χ0n) is 15.4. The summed E-state index contributed by atoms with van der Waals surface area (Å²) in [7, 11) is 0. The summed E-state index contributed by atoms with van der Waals surface area (Å²) in [6.07, 6.45) is 3.42. The van der Waals surface area contributed by atoms with Crippen molar-refractivity contribution < 1.29 is 9.53 Å². The highest BCUT2D eigenvalue weighted by Crippen LogP contribution is 2.33. The molecule has 0 bridgehead atoms. The van der Waals surface area contributed by atoms with E-state index >= 15 is 0 Å². The Labute approximate surface area is 168 Å². The average molecular weight is 398 g/mol. The Kier molecular flexibility index (Phi) is 3.45. The number of hydrogen-bond donors (Lipinski definition) is 4. The zero-order valence-corrected chi connectivity index (χ0v) is 15.4. The van der Waals surface area contributed by atoms with E-state index in [-0.39, 0.29) is 12.5 Å². The van der Waals surface area contributed by atoms with Crippen LogP contribution in [0.4, 0.5) is 17.2 Å². The summed E-state index contributed by atoms with van der Waals surface area (Å²) in [5.74, 6) is 1.56. The van der Waals surface area contributed by atoms with Gasteiger partial charge in [0.25, 0.3) is 5.91 Å². The van der Waals surface area contributed by atoms with Crippen molar-refractivity contribution in [3.63, 3.8) is 0 Å². The van der Waals surface area contributed by atoms with Gasteiger partial charge in [-0.25, -0.2) is 9.97 Å². The molecule has 0 aliphatic carbocycles. The summed E-state index contributed by atoms with van der Waals surface area (Å²) in [6, 6.07) is 11.3. The second-order valence-electron chi connectivity index (χ2n) is 6.87. The van der Waals surface area contributed by atoms with Gasteiger partial charge in [0.05, 0.1) is 23.6 Å². The predicted octanol–water partition coefficient (Wildman–Crippen LogP) is 2.97. The van der Waals surface area contributed by atoms with Crippen LogP contribution in [0.5, 0.6) is 5.75 Å². The molecule has 30 heavy (non-hydrogen) atoms. The molecule has 5 aromatic rings. The van der Waals surface area contributed by atoms with Crippen LogP contribution in [0, 0.1) is 0 Å². The number of nitrogens with zero attached hydrogens (tertiary/aromatic N) is 4. The third-order valence-corrected chi connectivity index (χ3v) is 4.88. The van der Waals surface area contributed by atoms with E-state index in [4.69, 9.17) is 9.72 Å². The van der Waals surface area contributed by atoms with Crippen molar-refractivity contribution in [2.24, 2.45) is 0 Å². The van der Waals surface area contributed by atoms with E-state index in [1.54, 1.807) is 24.5 Å². The Hall–Kier alpha value is -4.47. The molecule has 146 valence electrons. The molecule has 10 nitrogen and oxygen atoms in total. The first-order valence-electron chi connectivity index (χ1n) is 9.21. The number of carbonyl (C=O) groups excluding carboxylic acids is 1. The van der Waals surface area contributed by atoms with E-state index in [9.17, 15) is 4.79 Å². The van der Waals surface area contributed by atoms with Crippen molar-refractivity contribution in [1.82, 2.24) is 30.4 Å². The third-order valence-electron chi connectivity index (χ3n) is 4.88. The van der Waals surface area contributed by atoms with Crippen LogP contribution in [-0.2, 0) is 4.79 Å². The molecule has 1 aliphatic heterocycles. The van der Waals surface area contributed by atoms with Gasteiger partial charge in [0.1, 0.15) is 16.8 Å². The number of aromatic amines is 2. The molecule has 1 amide bonds. The van der Waals surface area contributed by atoms with Crippen LogP contribution in [0.3, 0.4) is 0 Å². The maximum Gasteiger partial charge on any atom is 0.262 e. The first-order chi connectivity index (χ1) is 14.7. The van der Waals surface area contributed by atoms with Crippen molar-refractivity contribution in [2.75, 3.05) is 17.2 Å². The highest BCUT2D eigenvalue weighted by Gasteiger charge is 2.17. The number of aromatic nitrogens is 6. The molecule has 0 unspecified atom stereocenters. The largest absolute Gasteiger partial charge is 0.482 e. The quantitative estimate of drug-likeness (QED) is 0.367. The van der Waals surface area contributed by atoms with Gasteiger partial charge < -0.3 is 15.4 Å². The normalized spacial score (nSPS) is 13.1. The fourth-order valence-electron chi connectivity index (χ4n) is 3.43. The van der Waals surface area contributed by atoms with Crippen LogP contribution in [0.2, 0.25) is 0 Å². The molecule has 4 N–H and O–H groups in total. The molecule has 6 rings (SSSR count). The molecule has 0 saturated carbocycles. The second kappa shape index (κ2) is 6.27. The molecule has 3 aromatic heterocycles. The monoisotopic (exact) mass is 398 g/mol. The predicted molar refractivity (Wildman–Crippen MR) is 111 cm³/mol. The lowest BCUT2D eigenvalue weighted by Crippen LogP contribution is -2.25. The summed E-state index contributed by atoms with van der Waals surface area (Å²) in [4.78, 5) is 20.9. The maximum atomic E-state index is 11.6. The van der Waals surface area contributed by atoms with Gasteiger partial charge in [-0.2, -0.15) is 10.2 Å². The summed E-state index contributed by atoms with van der Waals surface area (Å²) in [6.45, 7) is 0.0183. The summed E-state index contributed by atoms with van der Waals surface area (Å²) in [5.41, 5.74) is 4.47. The van der Waals surface area contributed by atoms with Gasteiger partial charge in [-0.15, -0.1) is 0 Å². The van der Waals surface area contributed by atoms with Crippen molar-refractivity contribution in [3.05, 3.63) is 48.8 Å². The van der Waals surface area contributed by atoms with Gasteiger partial charge in [-0.3, -0.25) is 15.0 Å². The minimum atomic E-state index is -0.186. The van der Waals surface area contributed by atoms with Crippen molar-refractivity contribution in [3.8, 4) is 17.1 Å². The summed E-state index contributed by atoms with van der Waals surface area (Å²) in [5, 5.41) is 21.2. The number of rotatable bonds is 3. The summed E-state index contributed by atoms with van der Waals surface area (Å²) < 4.78 is 5.41. The van der Waals surface area contributed by atoms with Crippen molar-refractivity contribution in [1.29, 1.82) is 0 Å². The third kappa shape index (κ3) is 2.70. The highest BCUT2D eigenvalue weighted by atomic mass is 16.5. The number of hydrogen-bond acceptors (Lipinski definition) is 7. The SMILES string of the molecule is O=C1COc2ccc(Nc3nc(-c4ccc5cn[nH]c5c4)nc4cn[nH]c34)cc2N1. The molecular weight excluding hydrogens is 384 g/mol. The Morgan fingerprint density at radius 2 is 1.93 bits per heavy atom. The van der Waals surface area contributed by atoms with Gasteiger partial charge in [0.2, 0.25) is 0 Å². The van der Waals surface area contributed by atoms with Crippen LogP contribution >= 0.6 is 0 Å². The van der Waals surface area contributed by atoms with Crippen LogP contribution in [-0.4, -0.2) is 42.9 Å². The fraction of sp³-hybridized carbons (Fsp3) is 0.0500. The lowest BCUT2D eigenvalue weighted by atomic mass is 10.1. The molecule has 0 fully saturated rings. The molecule has 1 aliphatic rings. The van der Waals surface area contributed by atoms with Gasteiger partial charge in [0, 0.05) is 16.6 Å². The van der Waals surface area contributed by atoms with Crippen LogP contribution in [0.15, 0.2) is 48.8 Å². The molecule has 0 spiro atoms. The van der Waals surface area contributed by atoms with Crippen molar-refractivity contribution in [2.45, 2.75) is 0 Å². The maximum absolute atomic E-state index is 11.6. The number of amides is 1. The molecule has 4 heterocycles. The first kappa shape index (κ1) is 16.5. The minimum absolute atomic E-state index is 0.0183. The minimum Gasteiger partial charge on any atom is -0.482 e. The molecule has 0 radical (unpaired) electrons. The Bertz CT molecular complexity index is 1440. The van der Waals surface area contributed by atoms with Crippen molar-refractivity contribution >= 4 is 45.0 Å². The average Bonchev–Trinajstić information content (AvgIpc) is 3.42. The smallest absolute Gasteiger partial charge is 0.262 e.